The molecule has 0 aromatic heterocycles. The molecule has 0 atom stereocenters. The molecule has 2 N–H and O–H groups in total. The largest absolute Gasteiger partial charge is 0.481 e. The lowest BCUT2D eigenvalue weighted by atomic mass is 9.66. The van der Waals surface area contributed by atoms with Gasteiger partial charge in [0.15, 0.2) is 11.5 Å². The van der Waals surface area contributed by atoms with Crippen molar-refractivity contribution >= 4 is 11.9 Å². The molecule has 3 aliphatic rings. The summed E-state index contributed by atoms with van der Waals surface area (Å²) >= 11 is 0. The second-order valence-electron chi connectivity index (χ2n) is 7.85. The Balaban J connectivity index is 1.48. The van der Waals surface area contributed by atoms with Crippen molar-refractivity contribution in [1.29, 1.82) is 0 Å². The summed E-state index contributed by atoms with van der Waals surface area (Å²) in [4.78, 5) is 24.0. The number of fused-ring (bicyclic) bond motifs is 1. The van der Waals surface area contributed by atoms with Crippen LogP contribution in [-0.2, 0) is 19.7 Å². The third-order valence-electron chi connectivity index (χ3n) is 6.32. The Kier molecular flexibility index (Phi) is 4.72. The highest BCUT2D eigenvalue weighted by molar-refractivity contribution is 5.85. The van der Waals surface area contributed by atoms with Gasteiger partial charge in [-0.25, -0.2) is 0 Å². The normalized spacial score (nSPS) is 21.9. The minimum absolute atomic E-state index is 0.0516. The third-order valence-corrected chi connectivity index (χ3v) is 6.32. The number of amides is 1. The first-order valence-corrected chi connectivity index (χ1v) is 9.51. The Morgan fingerprint density at radius 2 is 1.81 bits per heavy atom. The fourth-order valence-corrected chi connectivity index (χ4v) is 4.26. The summed E-state index contributed by atoms with van der Waals surface area (Å²) in [7, 11) is 0. The van der Waals surface area contributed by atoms with E-state index < -0.39 is 11.4 Å². The molecule has 1 saturated carbocycles. The predicted octanol–water partition coefficient (Wildman–Crippen LogP) is 2.22. The van der Waals surface area contributed by atoms with E-state index in [0.717, 1.165) is 36.3 Å². The summed E-state index contributed by atoms with van der Waals surface area (Å²) in [5.41, 5.74) is -0.0248. The maximum Gasteiger partial charge on any atom is 0.310 e. The molecule has 7 nitrogen and oxygen atoms in total. The summed E-state index contributed by atoms with van der Waals surface area (Å²) in [5, 5.41) is 12.5. The first kappa shape index (κ1) is 18.1. The quantitative estimate of drug-likeness (QED) is 0.792. The average Bonchev–Trinajstić information content (AvgIpc) is 3.11. The first-order chi connectivity index (χ1) is 13.0. The van der Waals surface area contributed by atoms with Gasteiger partial charge in [0.25, 0.3) is 0 Å². The van der Waals surface area contributed by atoms with E-state index in [1.54, 1.807) is 0 Å². The summed E-state index contributed by atoms with van der Waals surface area (Å²) in [6, 6.07) is 5.92. The monoisotopic (exact) mass is 375 g/mol. The number of ether oxygens (including phenoxy) is 3. The van der Waals surface area contributed by atoms with Crippen molar-refractivity contribution in [2.75, 3.05) is 26.6 Å². The molecule has 146 valence electrons. The Morgan fingerprint density at radius 1 is 1.07 bits per heavy atom. The van der Waals surface area contributed by atoms with E-state index in [0.29, 0.717) is 32.6 Å². The first-order valence-electron chi connectivity index (χ1n) is 9.51. The van der Waals surface area contributed by atoms with Crippen molar-refractivity contribution in [3.63, 3.8) is 0 Å². The molecule has 7 heteroatoms. The summed E-state index contributed by atoms with van der Waals surface area (Å²) < 4.78 is 16.4. The molecule has 2 fully saturated rings. The smallest absolute Gasteiger partial charge is 0.310 e. The molecule has 27 heavy (non-hydrogen) atoms. The summed E-state index contributed by atoms with van der Waals surface area (Å²) in [6.45, 7) is 1.94. The third kappa shape index (κ3) is 3.36. The van der Waals surface area contributed by atoms with Gasteiger partial charge in [-0.2, -0.15) is 0 Å². The minimum Gasteiger partial charge on any atom is -0.481 e. The van der Waals surface area contributed by atoms with E-state index in [-0.39, 0.29) is 24.5 Å². The SMILES string of the molecule is O=C(CC1(C(=O)O)CCC1)NCC1(c2ccc3c(c2)OCO3)CCOCC1. The van der Waals surface area contributed by atoms with Gasteiger partial charge < -0.3 is 24.6 Å². The zero-order valence-corrected chi connectivity index (χ0v) is 15.3. The van der Waals surface area contributed by atoms with Crippen LogP contribution in [0.5, 0.6) is 11.5 Å². The van der Waals surface area contributed by atoms with Crippen LogP contribution in [0.15, 0.2) is 18.2 Å². The molecule has 1 amide bonds. The molecule has 2 heterocycles. The highest BCUT2D eigenvalue weighted by Crippen LogP contribution is 2.44. The molecule has 1 aromatic rings. The van der Waals surface area contributed by atoms with E-state index in [9.17, 15) is 14.7 Å². The number of carbonyl (C=O) groups excluding carboxylic acids is 1. The second kappa shape index (κ2) is 7.03. The Bertz CT molecular complexity index is 736. The summed E-state index contributed by atoms with van der Waals surface area (Å²) in [6.07, 6.45) is 3.66. The molecular weight excluding hydrogens is 350 g/mol. The lowest BCUT2D eigenvalue weighted by molar-refractivity contribution is -0.157. The predicted molar refractivity (Wildman–Crippen MR) is 95.8 cm³/mol. The zero-order valence-electron chi connectivity index (χ0n) is 15.3. The van der Waals surface area contributed by atoms with Crippen LogP contribution in [0.2, 0.25) is 0 Å². The van der Waals surface area contributed by atoms with Gasteiger partial charge >= 0.3 is 5.97 Å². The lowest BCUT2D eigenvalue weighted by Gasteiger charge is -2.39. The molecule has 4 rings (SSSR count). The average molecular weight is 375 g/mol. The van der Waals surface area contributed by atoms with Gasteiger partial charge in [-0.15, -0.1) is 0 Å². The van der Waals surface area contributed by atoms with Gasteiger partial charge in [-0.05, 0) is 43.4 Å². The molecular formula is C20H25NO6. The van der Waals surface area contributed by atoms with E-state index in [2.05, 4.69) is 5.32 Å². The van der Waals surface area contributed by atoms with Crippen molar-refractivity contribution < 1.29 is 28.9 Å². The number of hydrogen-bond donors (Lipinski definition) is 2. The number of benzene rings is 1. The van der Waals surface area contributed by atoms with Gasteiger partial charge in [-0.3, -0.25) is 9.59 Å². The number of carbonyl (C=O) groups is 2. The van der Waals surface area contributed by atoms with Crippen LogP contribution in [0, 0.1) is 5.41 Å². The number of hydrogen-bond acceptors (Lipinski definition) is 5. The zero-order chi connectivity index (χ0) is 18.9. The Labute approximate surface area is 158 Å². The molecule has 0 unspecified atom stereocenters. The van der Waals surface area contributed by atoms with Crippen molar-refractivity contribution in [2.45, 2.75) is 43.9 Å². The van der Waals surface area contributed by atoms with E-state index >= 15 is 0 Å². The van der Waals surface area contributed by atoms with Gasteiger partial charge in [0.05, 0.1) is 5.41 Å². The van der Waals surface area contributed by atoms with Crippen LogP contribution in [0.1, 0.15) is 44.1 Å². The molecule has 1 saturated heterocycles. The van der Waals surface area contributed by atoms with Crippen molar-refractivity contribution in [3.8, 4) is 11.5 Å². The topological polar surface area (TPSA) is 94.1 Å². The highest BCUT2D eigenvalue weighted by Gasteiger charge is 2.46. The van der Waals surface area contributed by atoms with Crippen LogP contribution in [0.4, 0.5) is 0 Å². The highest BCUT2D eigenvalue weighted by atomic mass is 16.7. The molecule has 0 spiro atoms. The van der Waals surface area contributed by atoms with Gasteiger partial charge in [0, 0.05) is 31.6 Å². The number of aliphatic carboxylic acids is 1. The lowest BCUT2D eigenvalue weighted by Crippen LogP contribution is -2.47. The number of carboxylic acid groups (broad SMARTS) is 1. The summed E-state index contributed by atoms with van der Waals surface area (Å²) in [5.74, 6) is 0.409. The number of carboxylic acids is 1. The maximum atomic E-state index is 12.5. The van der Waals surface area contributed by atoms with Crippen molar-refractivity contribution in [2.24, 2.45) is 5.41 Å². The molecule has 0 bridgehead atoms. The fraction of sp³-hybridized carbons (Fsp3) is 0.600. The molecule has 2 aliphatic heterocycles. The van der Waals surface area contributed by atoms with E-state index in [1.807, 2.05) is 18.2 Å². The van der Waals surface area contributed by atoms with Crippen LogP contribution in [-0.4, -0.2) is 43.5 Å². The van der Waals surface area contributed by atoms with E-state index in [4.69, 9.17) is 14.2 Å². The van der Waals surface area contributed by atoms with Crippen molar-refractivity contribution in [3.05, 3.63) is 23.8 Å². The van der Waals surface area contributed by atoms with Crippen LogP contribution in [0.3, 0.4) is 0 Å². The Morgan fingerprint density at radius 3 is 2.48 bits per heavy atom. The van der Waals surface area contributed by atoms with Crippen LogP contribution < -0.4 is 14.8 Å². The van der Waals surface area contributed by atoms with Gasteiger partial charge in [0.1, 0.15) is 0 Å². The second-order valence-corrected chi connectivity index (χ2v) is 7.85. The number of nitrogens with one attached hydrogen (secondary N) is 1. The van der Waals surface area contributed by atoms with Gasteiger partial charge in [0.2, 0.25) is 12.7 Å². The fourth-order valence-electron chi connectivity index (χ4n) is 4.26. The molecule has 0 radical (unpaired) electrons. The Hall–Kier alpha value is -2.28. The molecule has 1 aromatic carbocycles. The minimum atomic E-state index is -0.869. The van der Waals surface area contributed by atoms with Crippen molar-refractivity contribution in [1.82, 2.24) is 5.32 Å². The van der Waals surface area contributed by atoms with Crippen LogP contribution >= 0.6 is 0 Å². The standard InChI is InChI=1S/C20H25NO6/c22-17(11-19(18(23)24)4-1-5-19)21-12-20(6-8-25-9-7-20)14-2-3-15-16(10-14)27-13-26-15/h2-3,10H,1,4-9,11-13H2,(H,21,22)(H,23,24). The number of rotatable bonds is 6. The van der Waals surface area contributed by atoms with Gasteiger partial charge in [-0.1, -0.05) is 12.5 Å². The van der Waals surface area contributed by atoms with E-state index in [1.165, 1.54) is 0 Å². The maximum absolute atomic E-state index is 12.5. The molecule has 1 aliphatic carbocycles. The van der Waals surface area contributed by atoms with Crippen LogP contribution in [0.25, 0.3) is 0 Å².